The topological polar surface area (TPSA) is 166 Å². The van der Waals surface area contributed by atoms with Crippen molar-refractivity contribution in [1.29, 1.82) is 0 Å². The van der Waals surface area contributed by atoms with Crippen LogP contribution < -0.4 is 9.47 Å². The number of benzene rings is 2. The largest absolute Gasteiger partial charge is 0.508 e. The van der Waals surface area contributed by atoms with Gasteiger partial charge in [-0.2, -0.15) is 0 Å². The van der Waals surface area contributed by atoms with Crippen molar-refractivity contribution < 1.29 is 49.6 Å². The Hall–Kier alpha value is -2.89. The number of rotatable bonds is 4. The fourth-order valence-electron chi connectivity index (χ4n) is 3.70. The van der Waals surface area contributed by atoms with Gasteiger partial charge in [0.15, 0.2) is 5.78 Å². The van der Waals surface area contributed by atoms with E-state index in [4.69, 9.17) is 14.2 Å². The molecular weight excluding hydrogens is 412 g/mol. The molecule has 2 aliphatic heterocycles. The van der Waals surface area contributed by atoms with E-state index in [-0.39, 0.29) is 41.0 Å². The van der Waals surface area contributed by atoms with Crippen LogP contribution in [0.4, 0.5) is 0 Å². The highest BCUT2D eigenvalue weighted by Gasteiger charge is 2.44. The molecule has 0 spiro atoms. The van der Waals surface area contributed by atoms with Gasteiger partial charge in [-0.3, -0.25) is 4.79 Å². The third kappa shape index (κ3) is 3.91. The maximum absolute atomic E-state index is 12.8. The second-order valence-electron chi connectivity index (χ2n) is 7.45. The quantitative estimate of drug-likeness (QED) is 0.374. The molecule has 0 radical (unpaired) electrons. The third-order valence-electron chi connectivity index (χ3n) is 5.42. The summed E-state index contributed by atoms with van der Waals surface area (Å²) in [6, 6.07) is 8.59. The maximum Gasteiger partial charge on any atom is 0.229 e. The Morgan fingerprint density at radius 3 is 2.39 bits per heavy atom. The Morgan fingerprint density at radius 1 is 1.00 bits per heavy atom. The van der Waals surface area contributed by atoms with Crippen LogP contribution in [0.1, 0.15) is 21.8 Å². The zero-order chi connectivity index (χ0) is 22.3. The van der Waals surface area contributed by atoms with E-state index >= 15 is 0 Å². The van der Waals surface area contributed by atoms with E-state index in [2.05, 4.69) is 0 Å². The lowest BCUT2D eigenvalue weighted by Gasteiger charge is -2.39. The Kier molecular flexibility index (Phi) is 5.73. The molecule has 4 rings (SSSR count). The first-order valence-corrected chi connectivity index (χ1v) is 9.60. The van der Waals surface area contributed by atoms with Crippen molar-refractivity contribution in [2.45, 2.75) is 36.6 Å². The van der Waals surface area contributed by atoms with Gasteiger partial charge in [0.05, 0.1) is 12.5 Å². The van der Waals surface area contributed by atoms with Gasteiger partial charge in [-0.05, 0) is 17.7 Å². The highest BCUT2D eigenvalue weighted by Crippen LogP contribution is 2.40. The number of hydrogen-bond acceptors (Lipinski definition) is 10. The molecule has 0 amide bonds. The normalized spacial score (nSPS) is 30.4. The van der Waals surface area contributed by atoms with Crippen molar-refractivity contribution in [3.8, 4) is 23.0 Å². The van der Waals surface area contributed by atoms with Gasteiger partial charge in [-0.25, -0.2) is 0 Å². The zero-order valence-corrected chi connectivity index (χ0v) is 16.2. The van der Waals surface area contributed by atoms with Crippen LogP contribution >= 0.6 is 0 Å². The summed E-state index contributed by atoms with van der Waals surface area (Å²) < 4.78 is 16.4. The molecular formula is C21H22O10. The number of aliphatic hydroxyl groups excluding tert-OH is 4. The molecule has 2 aromatic rings. The minimum Gasteiger partial charge on any atom is -0.508 e. The molecule has 6 N–H and O–H groups in total. The number of carbonyl (C=O) groups is 1. The fourth-order valence-corrected chi connectivity index (χ4v) is 3.70. The Bertz CT molecular complexity index is 957. The highest BCUT2D eigenvalue weighted by atomic mass is 16.7. The SMILES string of the molecule is O=C1c2c(O)cc(O)cc2OCC1c1ccc(O[C@@H]2O[C@H](CO)[C@@H](O)[C@H](O)[C@H]2O)cc1. The van der Waals surface area contributed by atoms with Crippen LogP contribution in [0, 0.1) is 0 Å². The van der Waals surface area contributed by atoms with Gasteiger partial charge in [0.1, 0.15) is 59.6 Å². The van der Waals surface area contributed by atoms with Crippen molar-refractivity contribution >= 4 is 5.78 Å². The Balaban J connectivity index is 1.49. The Labute approximate surface area is 176 Å². The third-order valence-corrected chi connectivity index (χ3v) is 5.42. The van der Waals surface area contributed by atoms with Gasteiger partial charge in [-0.1, -0.05) is 12.1 Å². The summed E-state index contributed by atoms with van der Waals surface area (Å²) in [5, 5.41) is 58.6. The van der Waals surface area contributed by atoms with Gasteiger partial charge in [0.25, 0.3) is 0 Å². The van der Waals surface area contributed by atoms with E-state index in [1.807, 2.05) is 0 Å². The van der Waals surface area contributed by atoms with Crippen LogP contribution in [0.25, 0.3) is 0 Å². The summed E-state index contributed by atoms with van der Waals surface area (Å²) in [5.74, 6) is -1.26. The van der Waals surface area contributed by atoms with E-state index in [0.717, 1.165) is 6.07 Å². The predicted octanol–water partition coefficient (Wildman–Crippen LogP) is -0.365. The molecule has 0 aliphatic carbocycles. The van der Waals surface area contributed by atoms with E-state index in [1.54, 1.807) is 12.1 Å². The summed E-state index contributed by atoms with van der Waals surface area (Å²) in [6.45, 7) is -0.554. The van der Waals surface area contributed by atoms with Gasteiger partial charge >= 0.3 is 0 Å². The molecule has 10 heteroatoms. The second kappa shape index (κ2) is 8.33. The molecule has 0 aromatic heterocycles. The molecule has 166 valence electrons. The number of aromatic hydroxyl groups is 2. The molecule has 1 unspecified atom stereocenters. The molecule has 6 atom stereocenters. The van der Waals surface area contributed by atoms with E-state index in [0.29, 0.717) is 5.56 Å². The van der Waals surface area contributed by atoms with Crippen LogP contribution in [-0.2, 0) is 4.74 Å². The number of ketones is 1. The molecule has 1 saturated heterocycles. The molecule has 2 heterocycles. The van der Waals surface area contributed by atoms with Gasteiger partial charge < -0.3 is 44.8 Å². The van der Waals surface area contributed by atoms with Crippen molar-refractivity contribution in [2.75, 3.05) is 13.2 Å². The average molecular weight is 434 g/mol. The van der Waals surface area contributed by atoms with Crippen LogP contribution in [-0.4, -0.2) is 80.3 Å². The number of hydrogen-bond donors (Lipinski definition) is 6. The van der Waals surface area contributed by atoms with Crippen molar-refractivity contribution in [1.82, 2.24) is 0 Å². The second-order valence-corrected chi connectivity index (χ2v) is 7.45. The molecule has 1 fully saturated rings. The number of aliphatic hydroxyl groups is 4. The lowest BCUT2D eigenvalue weighted by molar-refractivity contribution is -0.277. The minimum absolute atomic E-state index is 0.00399. The summed E-state index contributed by atoms with van der Waals surface area (Å²) in [4.78, 5) is 12.8. The molecule has 31 heavy (non-hydrogen) atoms. The first-order valence-electron chi connectivity index (χ1n) is 9.60. The Morgan fingerprint density at radius 2 is 1.71 bits per heavy atom. The molecule has 10 nitrogen and oxygen atoms in total. The lowest BCUT2D eigenvalue weighted by Crippen LogP contribution is -2.60. The van der Waals surface area contributed by atoms with Crippen molar-refractivity contribution in [3.05, 3.63) is 47.5 Å². The van der Waals surface area contributed by atoms with Crippen LogP contribution in [0.15, 0.2) is 36.4 Å². The summed E-state index contributed by atoms with van der Waals surface area (Å²) in [5.41, 5.74) is 0.583. The van der Waals surface area contributed by atoms with E-state index in [1.165, 1.54) is 18.2 Å². The predicted molar refractivity (Wildman–Crippen MR) is 103 cm³/mol. The van der Waals surface area contributed by atoms with Crippen molar-refractivity contribution in [3.63, 3.8) is 0 Å². The number of phenols is 2. The smallest absolute Gasteiger partial charge is 0.229 e. The fraction of sp³-hybridized carbons (Fsp3) is 0.381. The maximum atomic E-state index is 12.8. The number of fused-ring (bicyclic) bond motifs is 1. The number of Topliss-reactive ketones (excluding diaryl/α,β-unsaturated/α-hetero) is 1. The van der Waals surface area contributed by atoms with Gasteiger partial charge in [-0.15, -0.1) is 0 Å². The molecule has 0 bridgehead atoms. The molecule has 0 saturated carbocycles. The first-order chi connectivity index (χ1) is 14.8. The standard InChI is InChI=1S/C21H22O10/c22-7-15-18(26)19(27)20(28)21(31-15)30-11-3-1-9(2-4-11)12-8-29-14-6-10(23)5-13(24)16(14)17(12)25/h1-6,12,15,18-24,26-28H,7-8H2/t12?,15-,18-,19+,20-,21-/m1/s1. The number of phenolic OH excluding ortho intramolecular Hbond substituents is 2. The van der Waals surface area contributed by atoms with Crippen LogP contribution in [0.3, 0.4) is 0 Å². The van der Waals surface area contributed by atoms with E-state index in [9.17, 15) is 35.4 Å². The summed E-state index contributed by atoms with van der Waals surface area (Å²) in [7, 11) is 0. The highest BCUT2D eigenvalue weighted by molar-refractivity contribution is 6.06. The van der Waals surface area contributed by atoms with Gasteiger partial charge in [0.2, 0.25) is 6.29 Å². The first kappa shape index (κ1) is 21.3. The number of carbonyl (C=O) groups excluding carboxylic acids is 1. The minimum atomic E-state index is -1.56. The van der Waals surface area contributed by atoms with Crippen molar-refractivity contribution in [2.24, 2.45) is 0 Å². The number of ether oxygens (including phenoxy) is 3. The lowest BCUT2D eigenvalue weighted by atomic mass is 9.88. The molecule has 2 aliphatic rings. The van der Waals surface area contributed by atoms with E-state index < -0.39 is 43.2 Å². The van der Waals surface area contributed by atoms with Gasteiger partial charge in [0, 0.05) is 12.1 Å². The van der Waals surface area contributed by atoms with Crippen LogP contribution in [0.2, 0.25) is 0 Å². The monoisotopic (exact) mass is 434 g/mol. The van der Waals surface area contributed by atoms with Crippen LogP contribution in [0.5, 0.6) is 23.0 Å². The summed E-state index contributed by atoms with van der Waals surface area (Å²) >= 11 is 0. The zero-order valence-electron chi connectivity index (χ0n) is 16.2. The molecule has 2 aromatic carbocycles. The average Bonchev–Trinajstić information content (AvgIpc) is 2.74. The summed E-state index contributed by atoms with van der Waals surface area (Å²) in [6.07, 6.45) is -6.99.